The average molecular weight is 757 g/mol. The number of carboxylic acids is 1. The van der Waals surface area contributed by atoms with Gasteiger partial charge in [0.25, 0.3) is 0 Å². The van der Waals surface area contributed by atoms with E-state index >= 15 is 0 Å². The quantitative estimate of drug-likeness (QED) is 0.0600. The Morgan fingerprint density at radius 2 is 1.27 bits per heavy atom. The molecule has 0 amide bonds. The van der Waals surface area contributed by atoms with Gasteiger partial charge in [0.15, 0.2) is 19.7 Å². The van der Waals surface area contributed by atoms with Crippen molar-refractivity contribution in [3.8, 4) is 0 Å². The van der Waals surface area contributed by atoms with E-state index in [1.54, 1.807) is 18.2 Å². The normalized spacial score (nSPS) is 12.6. The number of anilines is 2. The first kappa shape index (κ1) is 38.1. The first-order valence-corrected chi connectivity index (χ1v) is 18.7. The molecule has 0 spiro atoms. The highest BCUT2D eigenvalue weighted by Crippen LogP contribution is 2.49. The number of hydrogen-bond donors (Lipinski definition) is 4. The lowest BCUT2D eigenvalue weighted by molar-refractivity contribution is 0.0698. The molecule has 0 aliphatic carbocycles. The molecule has 0 radical (unpaired) electrons. The maximum absolute atomic E-state index is 12.7. The van der Waals surface area contributed by atoms with Crippen molar-refractivity contribution in [2.24, 2.45) is 30.7 Å². The Hall–Kier alpha value is -5.74. The number of azo groups is 3. The van der Waals surface area contributed by atoms with Crippen molar-refractivity contribution in [3.63, 3.8) is 0 Å². The van der Waals surface area contributed by atoms with Crippen LogP contribution in [0.25, 0.3) is 0 Å². The maximum Gasteiger partial charge on any atom is 0.397 e. The summed E-state index contributed by atoms with van der Waals surface area (Å²) >= 11 is 0. The van der Waals surface area contributed by atoms with Gasteiger partial charge in [0, 0.05) is 5.41 Å². The van der Waals surface area contributed by atoms with Crippen molar-refractivity contribution < 1.29 is 43.9 Å². The monoisotopic (exact) mass is 756 g/mol. The van der Waals surface area contributed by atoms with E-state index in [1.165, 1.54) is 42.5 Å². The summed E-state index contributed by atoms with van der Waals surface area (Å²) in [7, 11) is -12.7. The van der Waals surface area contributed by atoms with Crippen LogP contribution in [0.2, 0.25) is 0 Å². The van der Waals surface area contributed by atoms with Crippen LogP contribution in [-0.4, -0.2) is 53.2 Å². The highest BCUT2D eigenvalue weighted by Gasteiger charge is 2.27. The molecule has 0 aliphatic heterocycles. The molecule has 0 aliphatic rings. The van der Waals surface area contributed by atoms with Crippen LogP contribution in [-0.2, 0) is 34.3 Å². The molecule has 18 nitrogen and oxygen atoms in total. The van der Waals surface area contributed by atoms with Crippen molar-refractivity contribution in [1.82, 2.24) is 0 Å². The average Bonchev–Trinajstić information content (AvgIpc) is 3.06. The third-order valence-corrected chi connectivity index (χ3v) is 10.2. The molecule has 266 valence electrons. The molecular formula is C30H28N8O10S3. The van der Waals surface area contributed by atoms with Gasteiger partial charge in [-0.1, -0.05) is 24.8 Å². The second kappa shape index (κ2) is 15.4. The lowest BCUT2D eigenvalue weighted by Gasteiger charge is -2.13. The molecule has 4 rings (SSSR count). The summed E-state index contributed by atoms with van der Waals surface area (Å²) in [4.78, 5) is 12.2. The number of sulfone groups is 2. The molecule has 0 saturated heterocycles. The summed E-state index contributed by atoms with van der Waals surface area (Å²) in [5, 5.41) is 35.3. The maximum atomic E-state index is 12.7. The standard InChI is InChI=1S/C30H28N8O10S3/c1-3-49(41,42)22-12-10-19(11-13-22)33-36-27-24(30(39)40)28(37-34-20-7-4-6-18(2)16-20)26(32)29(25(27)31)38-35-21-8-5-9-23(17-21)50(43,44)15-14-48-51(45,46)47/h3-13,16-17H,1,14-15,31-32H2,2H3,(H,39,40)(H,45,46,47). The van der Waals surface area contributed by atoms with Crippen LogP contribution < -0.4 is 11.5 Å². The Morgan fingerprint density at radius 3 is 1.80 bits per heavy atom. The van der Waals surface area contributed by atoms with Crippen LogP contribution in [0, 0.1) is 6.92 Å². The highest BCUT2D eigenvalue weighted by atomic mass is 32.3. The number of nitrogen functional groups attached to an aromatic ring is 2. The minimum atomic E-state index is -4.86. The zero-order valence-corrected chi connectivity index (χ0v) is 28.8. The summed E-state index contributed by atoms with van der Waals surface area (Å²) < 4.78 is 84.0. The first-order chi connectivity index (χ1) is 23.9. The predicted molar refractivity (Wildman–Crippen MR) is 186 cm³/mol. The summed E-state index contributed by atoms with van der Waals surface area (Å²) in [6, 6.07) is 16.9. The van der Waals surface area contributed by atoms with Crippen LogP contribution >= 0.6 is 0 Å². The van der Waals surface area contributed by atoms with E-state index < -0.39 is 71.0 Å². The van der Waals surface area contributed by atoms with Gasteiger partial charge in [-0.3, -0.25) is 4.55 Å². The van der Waals surface area contributed by atoms with E-state index in [9.17, 15) is 35.2 Å². The number of rotatable bonds is 14. The fourth-order valence-electron chi connectivity index (χ4n) is 4.19. The highest BCUT2D eigenvalue weighted by molar-refractivity contribution is 7.94. The minimum Gasteiger partial charge on any atom is -0.478 e. The van der Waals surface area contributed by atoms with Gasteiger partial charge in [-0.15, -0.1) is 15.3 Å². The number of hydrogen-bond acceptors (Lipinski definition) is 16. The van der Waals surface area contributed by atoms with Crippen molar-refractivity contribution in [1.29, 1.82) is 0 Å². The molecule has 0 unspecified atom stereocenters. The number of benzene rings is 4. The smallest absolute Gasteiger partial charge is 0.397 e. The van der Waals surface area contributed by atoms with E-state index in [0.717, 1.165) is 17.0 Å². The van der Waals surface area contributed by atoms with Gasteiger partial charge >= 0.3 is 16.4 Å². The number of nitrogens with two attached hydrogens (primary N) is 2. The predicted octanol–water partition coefficient (Wildman–Crippen LogP) is 6.61. The molecule has 4 aromatic rings. The zero-order chi connectivity index (χ0) is 37.6. The van der Waals surface area contributed by atoms with E-state index in [0.29, 0.717) is 5.69 Å². The number of carboxylic acid groups (broad SMARTS) is 1. The van der Waals surface area contributed by atoms with E-state index in [-0.39, 0.29) is 32.5 Å². The second-order valence-electron chi connectivity index (χ2n) is 10.3. The third kappa shape index (κ3) is 9.70. The largest absolute Gasteiger partial charge is 0.478 e. The molecule has 0 atom stereocenters. The minimum absolute atomic E-state index is 0.0476. The van der Waals surface area contributed by atoms with E-state index in [2.05, 4.69) is 41.4 Å². The summed E-state index contributed by atoms with van der Waals surface area (Å²) in [6.07, 6.45) is 0. The van der Waals surface area contributed by atoms with Gasteiger partial charge < -0.3 is 16.6 Å². The van der Waals surface area contributed by atoms with Crippen LogP contribution in [0.1, 0.15) is 15.9 Å². The molecule has 0 fully saturated rings. The van der Waals surface area contributed by atoms with Crippen LogP contribution in [0.15, 0.2) is 125 Å². The van der Waals surface area contributed by atoms with Crippen LogP contribution in [0.3, 0.4) is 0 Å². The van der Waals surface area contributed by atoms with Crippen molar-refractivity contribution in [3.05, 3.63) is 95.9 Å². The Bertz CT molecular complexity index is 2430. The van der Waals surface area contributed by atoms with Crippen molar-refractivity contribution in [2.45, 2.75) is 16.7 Å². The van der Waals surface area contributed by atoms with Crippen LogP contribution in [0.4, 0.5) is 45.5 Å². The number of aryl methyl sites for hydroxylation is 1. The SMILES string of the molecule is C=CS(=O)(=O)c1ccc(N=Nc2c(N)c(N=Nc3cccc(S(=O)(=O)CCOS(=O)(=O)O)c3)c(N)c(N=Nc3cccc(C)c3)c2C(=O)O)cc1. The molecule has 0 heterocycles. The van der Waals surface area contributed by atoms with E-state index in [1.807, 2.05) is 13.0 Å². The van der Waals surface area contributed by atoms with Crippen molar-refractivity contribution >= 4 is 81.5 Å². The fraction of sp³-hybridized carbons (Fsp3) is 0.100. The summed E-state index contributed by atoms with van der Waals surface area (Å²) in [6.45, 7) is 4.23. The number of carbonyl (C=O) groups is 1. The van der Waals surface area contributed by atoms with E-state index in [4.69, 9.17) is 16.0 Å². The number of nitrogens with zero attached hydrogens (tertiary/aromatic N) is 6. The van der Waals surface area contributed by atoms with Crippen molar-refractivity contribution in [2.75, 3.05) is 23.8 Å². The number of aromatic carboxylic acids is 1. The molecule has 0 saturated carbocycles. The van der Waals surface area contributed by atoms with Gasteiger partial charge in [-0.25, -0.2) is 25.8 Å². The Balaban J connectivity index is 1.84. The first-order valence-electron chi connectivity index (χ1n) is 14.1. The van der Waals surface area contributed by atoms with Gasteiger partial charge in [0.05, 0.1) is 50.6 Å². The van der Waals surface area contributed by atoms with Crippen LogP contribution in [0.5, 0.6) is 0 Å². The van der Waals surface area contributed by atoms with Gasteiger partial charge in [-0.05, 0) is 67.1 Å². The lowest BCUT2D eigenvalue weighted by atomic mass is 10.1. The van der Waals surface area contributed by atoms with Gasteiger partial charge in [0.2, 0.25) is 0 Å². The summed E-state index contributed by atoms with van der Waals surface area (Å²) in [5.41, 5.74) is 11.3. The second-order valence-corrected chi connectivity index (χ2v) is 15.4. The molecule has 51 heavy (non-hydrogen) atoms. The molecule has 21 heteroatoms. The molecule has 6 N–H and O–H groups in total. The lowest BCUT2D eigenvalue weighted by Crippen LogP contribution is -2.15. The zero-order valence-electron chi connectivity index (χ0n) is 26.4. The molecular weight excluding hydrogens is 729 g/mol. The fourth-order valence-corrected chi connectivity index (χ4v) is 6.42. The molecule has 0 aromatic heterocycles. The Morgan fingerprint density at radius 1 is 0.745 bits per heavy atom. The van der Waals surface area contributed by atoms with Gasteiger partial charge in [-0.2, -0.15) is 23.8 Å². The molecule has 4 aromatic carbocycles. The topological polar surface area (TPSA) is 295 Å². The summed E-state index contributed by atoms with van der Waals surface area (Å²) in [5.74, 6) is -2.37. The van der Waals surface area contributed by atoms with Gasteiger partial charge in [0.1, 0.15) is 22.6 Å². The Labute approximate surface area is 291 Å². The Kier molecular flexibility index (Phi) is 11.5. The molecule has 0 bridgehead atoms. The third-order valence-electron chi connectivity index (χ3n) is 6.65.